The lowest BCUT2D eigenvalue weighted by Crippen LogP contribution is -2.22. The van der Waals surface area contributed by atoms with Crippen LogP contribution in [0.2, 0.25) is 0 Å². The molecule has 4 N–H and O–H groups in total. The van der Waals surface area contributed by atoms with Crippen molar-refractivity contribution in [2.75, 3.05) is 5.73 Å². The lowest BCUT2D eigenvalue weighted by Gasteiger charge is -2.25. The number of carboxylic acids is 1. The molecule has 29 heavy (non-hydrogen) atoms. The average Bonchev–Trinajstić information content (AvgIpc) is 2.67. The standard InChI is InChI=1S/C19H11F2N3O5/c1-2-23-18(26)7-4-13-12(5-11(7)22)24-6-9(19(27)28)16(25)8-3-10(20)14(21)17(29-13)15(8)24/h2-6H,1,22H2,(H,23,26)(H,27,28). The molecule has 3 aromatic rings. The largest absolute Gasteiger partial charge is 0.477 e. The quantitative estimate of drug-likeness (QED) is 0.455. The maximum Gasteiger partial charge on any atom is 0.341 e. The molecule has 1 aliphatic heterocycles. The number of aromatic nitrogens is 1. The van der Waals surface area contributed by atoms with Crippen molar-refractivity contribution in [1.29, 1.82) is 0 Å². The molecular formula is C19H11F2N3O5. The summed E-state index contributed by atoms with van der Waals surface area (Å²) in [6, 6.07) is 3.11. The molecule has 0 radical (unpaired) electrons. The third-order valence-electron chi connectivity index (χ3n) is 4.45. The molecule has 0 aliphatic carbocycles. The lowest BCUT2D eigenvalue weighted by atomic mass is 10.1. The molecule has 0 fully saturated rings. The van der Waals surface area contributed by atoms with Crippen LogP contribution >= 0.6 is 0 Å². The van der Waals surface area contributed by atoms with E-state index in [1.807, 2.05) is 0 Å². The maximum atomic E-state index is 14.4. The van der Waals surface area contributed by atoms with Gasteiger partial charge in [-0.05, 0) is 24.4 Å². The van der Waals surface area contributed by atoms with Gasteiger partial charge in [-0.2, -0.15) is 4.39 Å². The zero-order chi connectivity index (χ0) is 21.0. The Hall–Kier alpha value is -4.21. The van der Waals surface area contributed by atoms with Gasteiger partial charge in [0, 0.05) is 11.9 Å². The zero-order valence-corrected chi connectivity index (χ0v) is 14.5. The summed E-state index contributed by atoms with van der Waals surface area (Å²) in [6.07, 6.45) is 2.11. The number of fused-ring (bicyclic) bond motifs is 2. The summed E-state index contributed by atoms with van der Waals surface area (Å²) in [5.74, 6) is -5.62. The Bertz CT molecular complexity index is 1330. The second kappa shape index (κ2) is 6.16. The summed E-state index contributed by atoms with van der Waals surface area (Å²) < 4.78 is 35.1. The van der Waals surface area contributed by atoms with Gasteiger partial charge in [0.25, 0.3) is 5.91 Å². The Labute approximate surface area is 160 Å². The van der Waals surface area contributed by atoms with Gasteiger partial charge in [0.1, 0.15) is 11.1 Å². The number of rotatable bonds is 3. The Morgan fingerprint density at radius 2 is 1.97 bits per heavy atom. The highest BCUT2D eigenvalue weighted by Crippen LogP contribution is 2.43. The number of amides is 1. The van der Waals surface area contributed by atoms with Gasteiger partial charge in [0.2, 0.25) is 11.2 Å². The van der Waals surface area contributed by atoms with E-state index >= 15 is 0 Å². The highest BCUT2D eigenvalue weighted by molar-refractivity contribution is 6.02. The van der Waals surface area contributed by atoms with E-state index in [2.05, 4.69) is 11.9 Å². The van der Waals surface area contributed by atoms with E-state index in [-0.39, 0.29) is 33.6 Å². The second-order valence-corrected chi connectivity index (χ2v) is 6.13. The van der Waals surface area contributed by atoms with Crippen molar-refractivity contribution in [1.82, 2.24) is 9.88 Å². The van der Waals surface area contributed by atoms with Crippen LogP contribution in [-0.2, 0) is 0 Å². The molecule has 1 aromatic heterocycles. The molecule has 4 rings (SSSR count). The van der Waals surface area contributed by atoms with Gasteiger partial charge in [-0.25, -0.2) is 9.18 Å². The first-order valence-electron chi connectivity index (χ1n) is 8.08. The molecule has 146 valence electrons. The number of pyridine rings is 1. The fraction of sp³-hybridized carbons (Fsp3) is 0. The summed E-state index contributed by atoms with van der Waals surface area (Å²) in [5.41, 5.74) is 4.23. The van der Waals surface area contributed by atoms with Crippen molar-refractivity contribution in [3.05, 3.63) is 70.2 Å². The first-order valence-corrected chi connectivity index (χ1v) is 8.08. The van der Waals surface area contributed by atoms with Crippen molar-refractivity contribution >= 4 is 28.5 Å². The molecule has 8 nitrogen and oxygen atoms in total. The molecule has 0 spiro atoms. The Kier molecular flexibility index (Phi) is 3.86. The normalized spacial score (nSPS) is 11.5. The SMILES string of the molecule is C=CNC(=O)c1cc2c(cc1N)-n1cc(C(=O)O)c(=O)c3cc(F)c(F)c(c31)O2. The summed E-state index contributed by atoms with van der Waals surface area (Å²) in [6.45, 7) is 3.37. The number of hydrogen-bond donors (Lipinski definition) is 3. The molecule has 1 aliphatic rings. The molecule has 0 atom stereocenters. The topological polar surface area (TPSA) is 124 Å². The van der Waals surface area contributed by atoms with E-state index in [1.165, 1.54) is 16.7 Å². The van der Waals surface area contributed by atoms with E-state index in [0.29, 0.717) is 6.07 Å². The average molecular weight is 399 g/mol. The van der Waals surface area contributed by atoms with Crippen LogP contribution in [0.3, 0.4) is 0 Å². The van der Waals surface area contributed by atoms with Gasteiger partial charge >= 0.3 is 5.97 Å². The fourth-order valence-electron chi connectivity index (χ4n) is 3.17. The van der Waals surface area contributed by atoms with Crippen LogP contribution in [0.5, 0.6) is 11.5 Å². The third-order valence-corrected chi connectivity index (χ3v) is 4.45. The maximum absolute atomic E-state index is 14.4. The predicted octanol–water partition coefficient (Wildman–Crippen LogP) is 2.53. The van der Waals surface area contributed by atoms with E-state index in [4.69, 9.17) is 10.5 Å². The molecule has 1 amide bonds. The first-order chi connectivity index (χ1) is 13.7. The molecule has 10 heteroatoms. The van der Waals surface area contributed by atoms with E-state index in [1.54, 1.807) is 0 Å². The lowest BCUT2D eigenvalue weighted by molar-refractivity contribution is 0.0694. The van der Waals surface area contributed by atoms with E-state index in [9.17, 15) is 28.3 Å². The van der Waals surface area contributed by atoms with Gasteiger partial charge in [0.15, 0.2) is 17.3 Å². The number of carbonyl (C=O) groups excluding carboxylic acids is 1. The number of benzene rings is 2. The van der Waals surface area contributed by atoms with Crippen molar-refractivity contribution in [3.8, 4) is 17.2 Å². The van der Waals surface area contributed by atoms with Crippen molar-refractivity contribution < 1.29 is 28.2 Å². The van der Waals surface area contributed by atoms with Crippen LogP contribution in [0, 0.1) is 11.6 Å². The number of halogens is 2. The Morgan fingerprint density at radius 3 is 2.62 bits per heavy atom. The minimum absolute atomic E-state index is 0.00135. The minimum atomic E-state index is -1.55. The van der Waals surface area contributed by atoms with Gasteiger partial charge in [-0.1, -0.05) is 6.58 Å². The third kappa shape index (κ3) is 2.53. The van der Waals surface area contributed by atoms with Crippen molar-refractivity contribution in [2.45, 2.75) is 0 Å². The Morgan fingerprint density at radius 1 is 1.24 bits per heavy atom. The first kappa shape index (κ1) is 18.2. The number of anilines is 1. The minimum Gasteiger partial charge on any atom is -0.477 e. The van der Waals surface area contributed by atoms with Crippen molar-refractivity contribution in [2.24, 2.45) is 0 Å². The van der Waals surface area contributed by atoms with Crippen molar-refractivity contribution in [3.63, 3.8) is 0 Å². The monoisotopic (exact) mass is 399 g/mol. The molecule has 2 heterocycles. The van der Waals surface area contributed by atoms with Gasteiger partial charge < -0.3 is 25.5 Å². The second-order valence-electron chi connectivity index (χ2n) is 6.13. The van der Waals surface area contributed by atoms with E-state index < -0.39 is 40.3 Å². The molecule has 0 bridgehead atoms. The van der Waals surface area contributed by atoms with Gasteiger partial charge in [0.05, 0.1) is 16.6 Å². The number of nitrogens with two attached hydrogens (primary N) is 1. The fourth-order valence-corrected chi connectivity index (χ4v) is 3.17. The highest BCUT2D eigenvalue weighted by Gasteiger charge is 2.29. The van der Waals surface area contributed by atoms with Crippen LogP contribution in [0.4, 0.5) is 14.5 Å². The summed E-state index contributed by atoms with van der Waals surface area (Å²) in [4.78, 5) is 36.0. The number of aromatic carboxylic acids is 1. The number of nitrogens with one attached hydrogen (secondary N) is 1. The molecule has 0 saturated carbocycles. The molecular weight excluding hydrogens is 388 g/mol. The number of carbonyl (C=O) groups is 2. The summed E-state index contributed by atoms with van der Waals surface area (Å²) >= 11 is 0. The molecule has 2 aromatic carbocycles. The van der Waals surface area contributed by atoms with Gasteiger partial charge in [-0.15, -0.1) is 0 Å². The predicted molar refractivity (Wildman–Crippen MR) is 98.6 cm³/mol. The highest BCUT2D eigenvalue weighted by atomic mass is 19.2. The number of nitrogens with zero attached hydrogens (tertiary/aromatic N) is 1. The number of ether oxygens (including phenoxy) is 1. The van der Waals surface area contributed by atoms with Gasteiger partial charge in [-0.3, -0.25) is 9.59 Å². The zero-order valence-electron chi connectivity index (χ0n) is 14.5. The summed E-state index contributed by atoms with van der Waals surface area (Å²) in [7, 11) is 0. The summed E-state index contributed by atoms with van der Waals surface area (Å²) in [5, 5.41) is 11.3. The van der Waals surface area contributed by atoms with Crippen LogP contribution in [-0.4, -0.2) is 21.6 Å². The van der Waals surface area contributed by atoms with Crippen LogP contribution < -0.4 is 21.2 Å². The number of carboxylic acid groups (broad SMARTS) is 1. The van der Waals surface area contributed by atoms with Crippen LogP contribution in [0.25, 0.3) is 16.6 Å². The molecule has 0 unspecified atom stereocenters. The number of hydrogen-bond acceptors (Lipinski definition) is 5. The molecule has 0 saturated heterocycles. The Balaban J connectivity index is 2.12. The number of nitrogen functional groups attached to an aromatic ring is 1. The van der Waals surface area contributed by atoms with Crippen LogP contribution in [0.1, 0.15) is 20.7 Å². The van der Waals surface area contributed by atoms with E-state index in [0.717, 1.165) is 12.4 Å². The smallest absolute Gasteiger partial charge is 0.341 e. The van der Waals surface area contributed by atoms with Crippen LogP contribution in [0.15, 0.2) is 42.0 Å².